The van der Waals surface area contributed by atoms with Crippen molar-refractivity contribution >= 4 is 67.7 Å². The molecule has 0 saturated heterocycles. The van der Waals surface area contributed by atoms with Crippen molar-refractivity contribution in [2.75, 3.05) is 33.0 Å². The van der Waals surface area contributed by atoms with Gasteiger partial charge < -0.3 is 0 Å². The molecule has 0 bridgehead atoms. The number of carbonyl (C=O) groups excluding carboxylic acids is 6. The Morgan fingerprint density at radius 3 is 1.52 bits per heavy atom. The van der Waals surface area contributed by atoms with Gasteiger partial charge in [0.25, 0.3) is 0 Å². The number of carbonyl (C=O) groups is 6. The summed E-state index contributed by atoms with van der Waals surface area (Å²) in [5, 5.41) is 0. The van der Waals surface area contributed by atoms with E-state index in [0.717, 1.165) is 0 Å². The molecular weight excluding hydrogens is 662 g/mol. The van der Waals surface area contributed by atoms with Gasteiger partial charge in [0.1, 0.15) is 0 Å². The molecule has 0 rings (SSSR count). The number of rotatable bonds is 20. The van der Waals surface area contributed by atoms with Gasteiger partial charge in [-0.2, -0.15) is 0 Å². The van der Waals surface area contributed by atoms with Crippen LogP contribution in [-0.2, 0) is 57.2 Å². The van der Waals surface area contributed by atoms with Gasteiger partial charge >= 0.3 is 214 Å². The van der Waals surface area contributed by atoms with Crippen LogP contribution >= 0.6 is 0 Å². The molecule has 0 amide bonds. The van der Waals surface area contributed by atoms with E-state index >= 15 is 0 Å². The summed E-state index contributed by atoms with van der Waals surface area (Å²) in [4.78, 5) is 69.6. The quantitative estimate of drug-likeness (QED) is 0.0579. The Balaban J connectivity index is 4.25. The van der Waals surface area contributed by atoms with Crippen molar-refractivity contribution in [2.45, 2.75) is 68.8 Å². The first-order chi connectivity index (χ1) is 18.6. The molecule has 14 heteroatoms. The monoisotopic (exact) mass is 702 g/mol. The summed E-state index contributed by atoms with van der Waals surface area (Å²) in [5.74, 6) is -3.30. The molecule has 0 aromatic rings. The van der Waals surface area contributed by atoms with E-state index in [4.69, 9.17) is 28.4 Å². The molecule has 0 saturated carbocycles. The molecule has 0 N–H and O–H groups in total. The van der Waals surface area contributed by atoms with Gasteiger partial charge in [0, 0.05) is 5.57 Å². The molecule has 0 heterocycles. The predicted molar refractivity (Wildman–Crippen MR) is 145 cm³/mol. The summed E-state index contributed by atoms with van der Waals surface area (Å²) in [6.07, 6.45) is -1.62. The van der Waals surface area contributed by atoms with E-state index in [-0.39, 0.29) is 69.2 Å². The fraction of sp³-hybridized carbons (Fsp3) is 0.615. The third-order valence-corrected chi connectivity index (χ3v) is 8.11. The maximum atomic E-state index is 12.5. The van der Waals surface area contributed by atoms with Gasteiger partial charge in [-0.25, -0.2) is 4.79 Å². The Bertz CT molecular complexity index is 933. The van der Waals surface area contributed by atoms with Crippen LogP contribution in [0.5, 0.6) is 0 Å². The van der Waals surface area contributed by atoms with Gasteiger partial charge in [-0.3, -0.25) is 0 Å². The molecule has 12 nitrogen and oxygen atoms in total. The van der Waals surface area contributed by atoms with Crippen LogP contribution in [-0.4, -0.2) is 113 Å². The van der Waals surface area contributed by atoms with Crippen molar-refractivity contribution in [3.8, 4) is 0 Å². The molecule has 226 valence electrons. The van der Waals surface area contributed by atoms with Crippen molar-refractivity contribution < 1.29 is 57.2 Å². The van der Waals surface area contributed by atoms with E-state index in [2.05, 4.69) is 45.2 Å². The molecule has 4 unspecified atom stereocenters. The van der Waals surface area contributed by atoms with Gasteiger partial charge in [-0.15, -0.1) is 0 Å². The van der Waals surface area contributed by atoms with E-state index in [1.54, 1.807) is 6.92 Å². The van der Waals surface area contributed by atoms with Crippen LogP contribution in [0.25, 0.3) is 0 Å². The average Bonchev–Trinajstić information content (AvgIpc) is 2.87. The minimum atomic E-state index is -0.855. The summed E-state index contributed by atoms with van der Waals surface area (Å²) >= 11 is 4.20. The summed E-state index contributed by atoms with van der Waals surface area (Å²) < 4.78 is 30.3. The molecule has 40 heavy (non-hydrogen) atoms. The molecule has 0 aliphatic carbocycles. The zero-order valence-corrected chi connectivity index (χ0v) is 26.9. The third kappa shape index (κ3) is 17.2. The third-order valence-electron chi connectivity index (χ3n) is 4.70. The van der Waals surface area contributed by atoms with Crippen LogP contribution in [0.4, 0.5) is 0 Å². The second-order valence-corrected chi connectivity index (χ2v) is 11.1. The minimum Gasteiger partial charge on any atom is -0.0889 e. The Morgan fingerprint density at radius 1 is 0.650 bits per heavy atom. The van der Waals surface area contributed by atoms with Gasteiger partial charge in [-0.05, 0) is 13.8 Å². The average molecular weight is 700 g/mol. The number of ether oxygens (including phenoxy) is 6. The van der Waals surface area contributed by atoms with Crippen molar-refractivity contribution in [1.82, 2.24) is 0 Å². The fourth-order valence-corrected chi connectivity index (χ4v) is 3.60. The first kappa shape index (κ1) is 37.5. The first-order valence-corrected chi connectivity index (χ1v) is 14.5. The molecule has 0 aromatic carbocycles. The van der Waals surface area contributed by atoms with Crippen molar-refractivity contribution in [1.29, 1.82) is 0 Å². The molecule has 0 aromatic heterocycles. The van der Waals surface area contributed by atoms with Crippen LogP contribution in [0, 0.1) is 0 Å². The molecule has 0 aliphatic rings. The van der Waals surface area contributed by atoms with E-state index in [1.165, 1.54) is 20.8 Å². The van der Waals surface area contributed by atoms with Crippen LogP contribution < -0.4 is 0 Å². The Kier molecular flexibility index (Phi) is 19.1. The second-order valence-electron chi connectivity index (χ2n) is 8.72. The van der Waals surface area contributed by atoms with Gasteiger partial charge in [-0.1, -0.05) is 13.2 Å². The topological polar surface area (TPSA) is 158 Å². The van der Waals surface area contributed by atoms with Crippen LogP contribution in [0.15, 0.2) is 24.3 Å². The van der Waals surface area contributed by atoms with E-state index in [0.29, 0.717) is 0 Å². The Hall–Kier alpha value is -2.50. The Morgan fingerprint density at radius 2 is 1.07 bits per heavy atom. The van der Waals surface area contributed by atoms with E-state index in [9.17, 15) is 28.8 Å². The van der Waals surface area contributed by atoms with E-state index < -0.39 is 51.7 Å². The first-order valence-electron chi connectivity index (χ1n) is 12.3. The molecule has 4 atom stereocenters. The van der Waals surface area contributed by atoms with Gasteiger partial charge in [0.2, 0.25) is 0 Å². The van der Waals surface area contributed by atoms with Crippen LogP contribution in [0.2, 0.25) is 9.63 Å². The SMILES string of the molecule is C=C(C)C(=O)OCCOC(=O)CC(C)OCCC(=O)C([SeH])C([SeH])C(=O)OC(C)CC(=O)OCCOC(=O)C(=C)C. The van der Waals surface area contributed by atoms with E-state index in [1.807, 2.05) is 0 Å². The fourth-order valence-electron chi connectivity index (χ4n) is 2.60. The summed E-state index contributed by atoms with van der Waals surface area (Å²) in [7, 11) is 0. The number of Topliss-reactive ketones (excluding diaryl/α,β-unsaturated/α-hetero) is 1. The summed E-state index contributed by atoms with van der Waals surface area (Å²) in [6, 6.07) is 0. The standard InChI is InChI=1S/C26H38O12Se2/c1-15(2)24(30)36-11-9-34-20(28)13-17(5)33-8-7-19(27)22(39)23(40)26(32)38-18(6)14-21(29)35-10-12-37-25(31)16(3)4/h17-18,22-23,39-40H,1,3,7-14H2,2,4-6H3. The normalized spacial score (nSPS) is 13.6. The van der Waals surface area contributed by atoms with Crippen LogP contribution in [0.1, 0.15) is 47.0 Å². The molecule has 0 radical (unpaired) electrons. The maximum absolute atomic E-state index is 12.5. The smallest absolute Gasteiger partial charge is 0.0889 e. The zero-order chi connectivity index (χ0) is 30.8. The summed E-state index contributed by atoms with van der Waals surface area (Å²) in [5.41, 5.74) is 0.467. The second kappa shape index (κ2) is 20.4. The molecular formula is C26H38O12Se2. The molecule has 0 spiro atoms. The van der Waals surface area contributed by atoms with Gasteiger partial charge in [0.15, 0.2) is 0 Å². The van der Waals surface area contributed by atoms with Crippen molar-refractivity contribution in [3.05, 3.63) is 24.3 Å². The Labute approximate surface area is 250 Å². The number of hydrogen-bond donors (Lipinski definition) is 0. The van der Waals surface area contributed by atoms with Gasteiger partial charge in [0.05, 0.1) is 0 Å². The molecule has 0 aliphatic heterocycles. The zero-order valence-electron chi connectivity index (χ0n) is 23.2. The molecule has 0 fully saturated rings. The van der Waals surface area contributed by atoms with Crippen LogP contribution in [0.3, 0.4) is 0 Å². The predicted octanol–water partition coefficient (Wildman–Crippen LogP) is 0.766. The minimum absolute atomic E-state index is 0.00493. The van der Waals surface area contributed by atoms with Crippen molar-refractivity contribution in [2.24, 2.45) is 0 Å². The van der Waals surface area contributed by atoms with Crippen molar-refractivity contribution in [3.63, 3.8) is 0 Å². The number of hydrogen-bond acceptors (Lipinski definition) is 12. The summed E-state index contributed by atoms with van der Waals surface area (Å²) in [6.45, 7) is 12.6. The number of esters is 5. The number of ketones is 1.